The van der Waals surface area contributed by atoms with Gasteiger partial charge in [-0.3, -0.25) is 9.78 Å². The Bertz CT molecular complexity index is 359. The van der Waals surface area contributed by atoms with E-state index in [2.05, 4.69) is 4.98 Å². The topological polar surface area (TPSA) is 48.4 Å². The average Bonchev–Trinajstić information content (AvgIpc) is 2.71. The van der Waals surface area contributed by atoms with Gasteiger partial charge in [-0.05, 0) is 6.07 Å². The fraction of sp³-hybridized carbons (Fsp3) is 0.455. The third-order valence-corrected chi connectivity index (χ3v) is 2.28. The Morgan fingerprint density at radius 3 is 3.20 bits per heavy atom. The molecule has 2 heterocycles. The summed E-state index contributed by atoms with van der Waals surface area (Å²) in [5.74, 6) is 0.633. The first kappa shape index (κ1) is 10.1. The van der Waals surface area contributed by atoms with Crippen molar-refractivity contribution in [2.45, 2.75) is 19.4 Å². The average molecular weight is 207 g/mol. The molecular weight excluding hydrogens is 194 g/mol. The van der Waals surface area contributed by atoms with Gasteiger partial charge in [0.15, 0.2) is 5.78 Å². The molecule has 0 amide bonds. The van der Waals surface area contributed by atoms with Crippen LogP contribution < -0.4 is 4.74 Å². The van der Waals surface area contributed by atoms with Crippen LogP contribution >= 0.6 is 0 Å². The summed E-state index contributed by atoms with van der Waals surface area (Å²) in [4.78, 5) is 15.0. The molecule has 0 radical (unpaired) electrons. The van der Waals surface area contributed by atoms with Crippen LogP contribution in [0.1, 0.15) is 23.8 Å². The fourth-order valence-corrected chi connectivity index (χ4v) is 1.48. The molecule has 0 aromatic carbocycles. The number of pyridine rings is 1. The van der Waals surface area contributed by atoms with Gasteiger partial charge in [0.05, 0.1) is 13.2 Å². The molecule has 2 rings (SSSR count). The van der Waals surface area contributed by atoms with Crippen LogP contribution in [0.4, 0.5) is 0 Å². The number of nitrogens with zero attached hydrogens (tertiary/aromatic N) is 1. The second-order valence-electron chi connectivity index (χ2n) is 3.54. The van der Waals surface area contributed by atoms with Gasteiger partial charge < -0.3 is 9.47 Å². The molecule has 1 aromatic heterocycles. The quantitative estimate of drug-likeness (QED) is 0.704. The van der Waals surface area contributed by atoms with E-state index in [1.807, 2.05) is 0 Å². The number of ketones is 1. The van der Waals surface area contributed by atoms with Crippen LogP contribution in [0.15, 0.2) is 18.3 Å². The molecule has 1 unspecified atom stereocenters. The Kier molecular flexibility index (Phi) is 2.97. The van der Waals surface area contributed by atoms with Gasteiger partial charge in [0, 0.05) is 25.6 Å². The summed E-state index contributed by atoms with van der Waals surface area (Å²) in [5.41, 5.74) is 0.436. The van der Waals surface area contributed by atoms with Crippen molar-refractivity contribution >= 4 is 5.78 Å². The first-order valence-corrected chi connectivity index (χ1v) is 4.97. The van der Waals surface area contributed by atoms with E-state index in [-0.39, 0.29) is 11.9 Å². The highest BCUT2D eigenvalue weighted by molar-refractivity contribution is 5.92. The zero-order chi connectivity index (χ0) is 10.7. The van der Waals surface area contributed by atoms with Gasteiger partial charge in [0.1, 0.15) is 17.5 Å². The predicted octanol–water partition coefficient (Wildman–Crippen LogP) is 1.45. The summed E-state index contributed by atoms with van der Waals surface area (Å²) in [5, 5.41) is 0. The number of aromatic nitrogens is 1. The maximum Gasteiger partial charge on any atom is 0.178 e. The molecule has 80 valence electrons. The SMILES string of the molecule is CC(=O)c1cc(OC2CCOC2)ccn1. The Labute approximate surface area is 88.2 Å². The largest absolute Gasteiger partial charge is 0.488 e. The summed E-state index contributed by atoms with van der Waals surface area (Å²) in [7, 11) is 0. The van der Waals surface area contributed by atoms with Crippen LogP contribution in [0.25, 0.3) is 0 Å². The summed E-state index contributed by atoms with van der Waals surface area (Å²) in [6, 6.07) is 3.42. The van der Waals surface area contributed by atoms with Crippen molar-refractivity contribution in [2.24, 2.45) is 0 Å². The Morgan fingerprint density at radius 1 is 1.67 bits per heavy atom. The smallest absolute Gasteiger partial charge is 0.178 e. The van der Waals surface area contributed by atoms with Crippen molar-refractivity contribution in [2.75, 3.05) is 13.2 Å². The standard InChI is InChI=1S/C11H13NO3/c1-8(13)11-6-9(2-4-12-11)15-10-3-5-14-7-10/h2,4,6,10H,3,5,7H2,1H3. The Hall–Kier alpha value is -1.42. The maximum atomic E-state index is 11.1. The van der Waals surface area contributed by atoms with Gasteiger partial charge in [-0.1, -0.05) is 0 Å². The molecular formula is C11H13NO3. The van der Waals surface area contributed by atoms with Crippen molar-refractivity contribution in [1.29, 1.82) is 0 Å². The van der Waals surface area contributed by atoms with Crippen molar-refractivity contribution in [1.82, 2.24) is 4.98 Å². The van der Waals surface area contributed by atoms with Gasteiger partial charge in [0.2, 0.25) is 0 Å². The second-order valence-corrected chi connectivity index (χ2v) is 3.54. The van der Waals surface area contributed by atoms with E-state index < -0.39 is 0 Å². The molecule has 1 aromatic rings. The van der Waals surface area contributed by atoms with Crippen LogP contribution in [-0.2, 0) is 4.74 Å². The third kappa shape index (κ3) is 2.53. The molecule has 0 bridgehead atoms. The minimum absolute atomic E-state index is 0.0527. The molecule has 1 aliphatic rings. The molecule has 0 spiro atoms. The van der Waals surface area contributed by atoms with Crippen LogP contribution in [0.2, 0.25) is 0 Å². The van der Waals surface area contributed by atoms with Crippen molar-refractivity contribution in [3.05, 3.63) is 24.0 Å². The molecule has 4 nitrogen and oxygen atoms in total. The molecule has 4 heteroatoms. The minimum Gasteiger partial charge on any atom is -0.488 e. The van der Waals surface area contributed by atoms with Crippen molar-refractivity contribution < 1.29 is 14.3 Å². The molecule has 1 atom stereocenters. The maximum absolute atomic E-state index is 11.1. The molecule has 1 saturated heterocycles. The normalized spacial score (nSPS) is 20.2. The van der Waals surface area contributed by atoms with Gasteiger partial charge in [0.25, 0.3) is 0 Å². The van der Waals surface area contributed by atoms with Gasteiger partial charge in [-0.25, -0.2) is 0 Å². The fourth-order valence-electron chi connectivity index (χ4n) is 1.48. The van der Waals surface area contributed by atoms with E-state index in [0.717, 1.165) is 13.0 Å². The Balaban J connectivity index is 2.07. The molecule has 0 N–H and O–H groups in total. The van der Waals surface area contributed by atoms with E-state index in [4.69, 9.17) is 9.47 Å². The highest BCUT2D eigenvalue weighted by Crippen LogP contribution is 2.17. The number of carbonyl (C=O) groups excluding carboxylic acids is 1. The van der Waals surface area contributed by atoms with E-state index in [1.54, 1.807) is 18.3 Å². The van der Waals surface area contributed by atoms with E-state index >= 15 is 0 Å². The van der Waals surface area contributed by atoms with E-state index in [0.29, 0.717) is 18.1 Å². The molecule has 1 fully saturated rings. The van der Waals surface area contributed by atoms with Crippen molar-refractivity contribution in [3.8, 4) is 5.75 Å². The summed E-state index contributed by atoms with van der Waals surface area (Å²) in [6.45, 7) is 2.86. The summed E-state index contributed by atoms with van der Waals surface area (Å²) < 4.78 is 10.8. The predicted molar refractivity (Wildman–Crippen MR) is 54.1 cm³/mol. The van der Waals surface area contributed by atoms with Gasteiger partial charge in [-0.2, -0.15) is 0 Å². The number of rotatable bonds is 3. The highest BCUT2D eigenvalue weighted by atomic mass is 16.5. The summed E-state index contributed by atoms with van der Waals surface area (Å²) in [6.07, 6.45) is 2.59. The highest BCUT2D eigenvalue weighted by Gasteiger charge is 2.17. The zero-order valence-electron chi connectivity index (χ0n) is 8.60. The number of Topliss-reactive ketones (excluding diaryl/α,β-unsaturated/α-hetero) is 1. The molecule has 15 heavy (non-hydrogen) atoms. The van der Waals surface area contributed by atoms with Crippen LogP contribution in [0.5, 0.6) is 5.75 Å². The first-order valence-electron chi connectivity index (χ1n) is 4.97. The van der Waals surface area contributed by atoms with Crippen LogP contribution in [0, 0.1) is 0 Å². The lowest BCUT2D eigenvalue weighted by Crippen LogP contribution is -2.16. The Morgan fingerprint density at radius 2 is 2.53 bits per heavy atom. The van der Waals surface area contributed by atoms with Crippen LogP contribution in [0.3, 0.4) is 0 Å². The van der Waals surface area contributed by atoms with Crippen LogP contribution in [-0.4, -0.2) is 30.1 Å². The minimum atomic E-state index is -0.0527. The number of ether oxygens (including phenoxy) is 2. The molecule has 0 saturated carbocycles. The monoisotopic (exact) mass is 207 g/mol. The zero-order valence-corrected chi connectivity index (χ0v) is 8.60. The number of hydrogen-bond acceptors (Lipinski definition) is 4. The lowest BCUT2D eigenvalue weighted by Gasteiger charge is -2.11. The number of carbonyl (C=O) groups is 1. The van der Waals surface area contributed by atoms with Crippen molar-refractivity contribution in [3.63, 3.8) is 0 Å². The molecule has 0 aliphatic carbocycles. The third-order valence-electron chi connectivity index (χ3n) is 2.28. The van der Waals surface area contributed by atoms with E-state index in [1.165, 1.54) is 6.92 Å². The lowest BCUT2D eigenvalue weighted by molar-refractivity contribution is 0.101. The van der Waals surface area contributed by atoms with Gasteiger partial charge in [-0.15, -0.1) is 0 Å². The summed E-state index contributed by atoms with van der Waals surface area (Å²) >= 11 is 0. The van der Waals surface area contributed by atoms with Gasteiger partial charge >= 0.3 is 0 Å². The number of hydrogen-bond donors (Lipinski definition) is 0. The second kappa shape index (κ2) is 4.40. The molecule has 1 aliphatic heterocycles. The lowest BCUT2D eigenvalue weighted by atomic mass is 10.2. The van der Waals surface area contributed by atoms with E-state index in [9.17, 15) is 4.79 Å². The first-order chi connectivity index (χ1) is 7.25.